The molecule has 0 fully saturated rings. The zero-order valence-corrected chi connectivity index (χ0v) is 11.7. The van der Waals surface area contributed by atoms with Crippen LogP contribution in [0, 0.1) is 0 Å². The summed E-state index contributed by atoms with van der Waals surface area (Å²) in [6, 6.07) is -0.277. The van der Waals surface area contributed by atoms with E-state index in [1.165, 1.54) is 19.5 Å². The number of aromatic nitrogens is 2. The van der Waals surface area contributed by atoms with Gasteiger partial charge in [-0.15, -0.1) is 0 Å². The first-order chi connectivity index (χ1) is 8.49. The fourth-order valence-electron chi connectivity index (χ4n) is 1.45. The maximum absolute atomic E-state index is 12.0. The van der Waals surface area contributed by atoms with E-state index >= 15 is 0 Å². The maximum Gasteiger partial charge on any atom is 0.244 e. The van der Waals surface area contributed by atoms with E-state index in [-0.39, 0.29) is 10.9 Å². The molecule has 0 radical (unpaired) electrons. The molecule has 1 rings (SSSR count). The van der Waals surface area contributed by atoms with Crippen molar-refractivity contribution in [2.75, 3.05) is 27.3 Å². The molecule has 1 atom stereocenters. The second-order valence-electron chi connectivity index (χ2n) is 4.02. The van der Waals surface area contributed by atoms with Crippen molar-refractivity contribution in [1.29, 1.82) is 0 Å². The summed E-state index contributed by atoms with van der Waals surface area (Å²) in [5.41, 5.74) is 0. The van der Waals surface area contributed by atoms with Crippen LogP contribution in [-0.4, -0.2) is 51.5 Å². The molecule has 0 saturated carbocycles. The third-order valence-corrected chi connectivity index (χ3v) is 3.83. The van der Waals surface area contributed by atoms with Crippen LogP contribution in [0.15, 0.2) is 17.3 Å². The molecule has 1 heterocycles. The summed E-state index contributed by atoms with van der Waals surface area (Å²) in [5.74, 6) is 0. The van der Waals surface area contributed by atoms with Crippen LogP contribution in [0.25, 0.3) is 0 Å². The van der Waals surface area contributed by atoms with Gasteiger partial charge >= 0.3 is 0 Å². The highest BCUT2D eigenvalue weighted by atomic mass is 32.2. The first-order valence-corrected chi connectivity index (χ1v) is 7.16. The lowest BCUT2D eigenvalue weighted by atomic mass is 10.4. The molecule has 1 unspecified atom stereocenters. The molecule has 0 aromatic carbocycles. The average molecular weight is 276 g/mol. The van der Waals surface area contributed by atoms with Crippen LogP contribution in [0.3, 0.4) is 0 Å². The molecule has 18 heavy (non-hydrogen) atoms. The molecule has 0 spiro atoms. The van der Waals surface area contributed by atoms with Crippen LogP contribution in [0.2, 0.25) is 0 Å². The molecule has 8 heteroatoms. The van der Waals surface area contributed by atoms with Crippen molar-refractivity contribution < 1.29 is 13.2 Å². The summed E-state index contributed by atoms with van der Waals surface area (Å²) in [7, 11) is -0.163. The zero-order valence-electron chi connectivity index (χ0n) is 10.9. The van der Waals surface area contributed by atoms with Gasteiger partial charge in [-0.1, -0.05) is 0 Å². The van der Waals surface area contributed by atoms with E-state index < -0.39 is 10.0 Å². The Hall–Kier alpha value is -0.960. The largest absolute Gasteiger partial charge is 0.383 e. The van der Waals surface area contributed by atoms with Crippen LogP contribution >= 0.6 is 0 Å². The second-order valence-corrected chi connectivity index (χ2v) is 5.73. The van der Waals surface area contributed by atoms with Crippen LogP contribution in [0.4, 0.5) is 0 Å². The van der Waals surface area contributed by atoms with Crippen LogP contribution < -0.4 is 10.0 Å². The van der Waals surface area contributed by atoms with Gasteiger partial charge < -0.3 is 10.1 Å². The van der Waals surface area contributed by atoms with E-state index in [9.17, 15) is 8.42 Å². The van der Waals surface area contributed by atoms with Gasteiger partial charge in [-0.2, -0.15) is 5.10 Å². The molecule has 7 nitrogen and oxygen atoms in total. The number of nitrogens with zero attached hydrogens (tertiary/aromatic N) is 2. The van der Waals surface area contributed by atoms with Crippen molar-refractivity contribution in [3.8, 4) is 0 Å². The van der Waals surface area contributed by atoms with Gasteiger partial charge in [0.2, 0.25) is 10.0 Å². The highest BCUT2D eigenvalue weighted by molar-refractivity contribution is 7.89. The topological polar surface area (TPSA) is 85.2 Å². The van der Waals surface area contributed by atoms with Gasteiger partial charge in [-0.05, 0) is 14.0 Å². The fraction of sp³-hybridized carbons (Fsp3) is 0.700. The number of ether oxygens (including phenoxy) is 1. The molecule has 0 aliphatic heterocycles. The van der Waals surface area contributed by atoms with Crippen molar-refractivity contribution in [2.45, 2.75) is 24.4 Å². The molecule has 1 aromatic rings. The highest BCUT2D eigenvalue weighted by Gasteiger charge is 2.19. The lowest BCUT2D eigenvalue weighted by Crippen LogP contribution is -2.35. The number of hydrogen-bond acceptors (Lipinski definition) is 5. The predicted octanol–water partition coefficient (Wildman–Crippen LogP) is -0.584. The number of rotatable bonds is 8. The van der Waals surface area contributed by atoms with Crippen molar-refractivity contribution in [1.82, 2.24) is 19.8 Å². The Labute approximate surface area is 108 Å². The van der Waals surface area contributed by atoms with E-state index in [0.29, 0.717) is 13.2 Å². The normalized spacial score (nSPS) is 13.7. The summed E-state index contributed by atoms with van der Waals surface area (Å²) in [5, 5.41) is 6.97. The number of methoxy groups -OCH3 is 1. The standard InChI is InChI=1S/C10H20N4O3S/c1-9(8-17-3)13-18(15,16)10-6-12-14(7-10)5-4-11-2/h6-7,9,11,13H,4-5,8H2,1-3H3. The van der Waals surface area contributed by atoms with Crippen molar-refractivity contribution in [3.05, 3.63) is 12.4 Å². The predicted molar refractivity (Wildman–Crippen MR) is 67.8 cm³/mol. The van der Waals surface area contributed by atoms with Gasteiger partial charge in [0.1, 0.15) is 4.90 Å². The average Bonchev–Trinajstić information content (AvgIpc) is 2.75. The Morgan fingerprint density at radius 1 is 1.56 bits per heavy atom. The molecule has 2 N–H and O–H groups in total. The lowest BCUT2D eigenvalue weighted by molar-refractivity contribution is 0.180. The van der Waals surface area contributed by atoms with Gasteiger partial charge in [0, 0.05) is 25.9 Å². The van der Waals surface area contributed by atoms with Crippen molar-refractivity contribution in [2.24, 2.45) is 0 Å². The van der Waals surface area contributed by atoms with Gasteiger partial charge in [0.05, 0.1) is 19.3 Å². The first-order valence-electron chi connectivity index (χ1n) is 5.68. The molecular formula is C10H20N4O3S. The molecule has 0 saturated heterocycles. The van der Waals surface area contributed by atoms with Gasteiger partial charge in [-0.3, -0.25) is 4.68 Å². The number of likely N-dealkylation sites (N-methyl/N-ethyl adjacent to an activating group) is 1. The SMILES string of the molecule is CNCCn1cc(S(=O)(=O)NC(C)COC)cn1. The minimum atomic E-state index is -3.52. The number of nitrogens with one attached hydrogen (secondary N) is 2. The summed E-state index contributed by atoms with van der Waals surface area (Å²) in [4.78, 5) is 0.168. The summed E-state index contributed by atoms with van der Waals surface area (Å²) >= 11 is 0. The Bertz CT molecular complexity index is 457. The van der Waals surface area contributed by atoms with E-state index in [0.717, 1.165) is 6.54 Å². The van der Waals surface area contributed by atoms with Gasteiger partial charge in [-0.25, -0.2) is 13.1 Å². The van der Waals surface area contributed by atoms with Crippen LogP contribution in [0.1, 0.15) is 6.92 Å². The van der Waals surface area contributed by atoms with Gasteiger partial charge in [0.25, 0.3) is 0 Å². The smallest absolute Gasteiger partial charge is 0.244 e. The van der Waals surface area contributed by atoms with E-state index in [2.05, 4.69) is 15.1 Å². The lowest BCUT2D eigenvalue weighted by Gasteiger charge is -2.11. The zero-order chi connectivity index (χ0) is 13.6. The highest BCUT2D eigenvalue weighted by Crippen LogP contribution is 2.07. The Balaban J connectivity index is 2.69. The minimum Gasteiger partial charge on any atom is -0.383 e. The van der Waals surface area contributed by atoms with E-state index in [1.54, 1.807) is 11.6 Å². The van der Waals surface area contributed by atoms with E-state index in [4.69, 9.17) is 4.74 Å². The number of hydrogen-bond donors (Lipinski definition) is 2. The molecule has 0 bridgehead atoms. The van der Waals surface area contributed by atoms with E-state index in [1.807, 2.05) is 7.05 Å². The quantitative estimate of drug-likeness (QED) is 0.663. The third-order valence-electron chi connectivity index (χ3n) is 2.28. The summed E-state index contributed by atoms with van der Waals surface area (Å²) in [6.07, 6.45) is 2.86. The Kier molecular flexibility index (Phi) is 5.73. The fourth-order valence-corrected chi connectivity index (χ4v) is 2.63. The molecule has 0 aliphatic rings. The Morgan fingerprint density at radius 3 is 2.89 bits per heavy atom. The molecule has 104 valence electrons. The van der Waals surface area contributed by atoms with Gasteiger partial charge in [0.15, 0.2) is 0 Å². The summed E-state index contributed by atoms with van der Waals surface area (Å²) in [6.45, 7) is 3.42. The van der Waals surface area contributed by atoms with Crippen molar-refractivity contribution in [3.63, 3.8) is 0 Å². The summed E-state index contributed by atoms with van der Waals surface area (Å²) < 4.78 is 32.9. The minimum absolute atomic E-state index is 0.168. The molecular weight excluding hydrogens is 256 g/mol. The van der Waals surface area contributed by atoms with Crippen molar-refractivity contribution >= 4 is 10.0 Å². The molecule has 0 aliphatic carbocycles. The molecule has 0 amide bonds. The van der Waals surface area contributed by atoms with Crippen LogP contribution in [-0.2, 0) is 21.3 Å². The molecule has 1 aromatic heterocycles. The second kappa shape index (κ2) is 6.83. The first kappa shape index (κ1) is 15.1. The number of sulfonamides is 1. The Morgan fingerprint density at radius 2 is 2.28 bits per heavy atom. The van der Waals surface area contributed by atoms with Crippen LogP contribution in [0.5, 0.6) is 0 Å². The monoisotopic (exact) mass is 276 g/mol. The maximum atomic E-state index is 12.0. The third kappa shape index (κ3) is 4.37.